The van der Waals surface area contributed by atoms with Crippen molar-refractivity contribution < 1.29 is 14.0 Å². The maximum atomic E-state index is 12.2. The number of nitrogens with one attached hydrogen (secondary N) is 2. The van der Waals surface area contributed by atoms with Gasteiger partial charge in [-0.15, -0.1) is 0 Å². The summed E-state index contributed by atoms with van der Waals surface area (Å²) in [7, 11) is 1.84. The van der Waals surface area contributed by atoms with Gasteiger partial charge in [0.05, 0.1) is 25.4 Å². The van der Waals surface area contributed by atoms with Crippen molar-refractivity contribution in [3.8, 4) is 0 Å². The second-order valence-corrected chi connectivity index (χ2v) is 6.20. The molecule has 1 aromatic carbocycles. The molecule has 0 aliphatic heterocycles. The number of rotatable bonds is 7. The van der Waals surface area contributed by atoms with E-state index in [2.05, 4.69) is 10.6 Å². The van der Waals surface area contributed by atoms with Crippen molar-refractivity contribution in [2.75, 3.05) is 18.9 Å². The van der Waals surface area contributed by atoms with Gasteiger partial charge in [0.15, 0.2) is 0 Å². The van der Waals surface area contributed by atoms with Gasteiger partial charge in [0.25, 0.3) is 0 Å². The molecule has 0 aliphatic carbocycles. The van der Waals surface area contributed by atoms with Crippen LogP contribution in [0.25, 0.3) is 0 Å². The van der Waals surface area contributed by atoms with Crippen LogP contribution in [0.15, 0.2) is 41.0 Å². The molecule has 2 amide bonds. The Labute approximate surface area is 148 Å². The lowest BCUT2D eigenvalue weighted by Gasteiger charge is -2.22. The van der Waals surface area contributed by atoms with Gasteiger partial charge in [0.2, 0.25) is 11.8 Å². The lowest BCUT2D eigenvalue weighted by atomic mass is 10.1. The molecule has 0 bridgehead atoms. The highest BCUT2D eigenvalue weighted by molar-refractivity contribution is 5.96. The second-order valence-electron chi connectivity index (χ2n) is 6.20. The molecule has 0 saturated heterocycles. The Balaban J connectivity index is 1.83. The predicted octanol–water partition coefficient (Wildman–Crippen LogP) is 2.47. The Morgan fingerprint density at radius 2 is 1.84 bits per heavy atom. The topological polar surface area (TPSA) is 74.6 Å². The van der Waals surface area contributed by atoms with Crippen LogP contribution in [-0.2, 0) is 16.1 Å². The number of carbonyl (C=O) groups is 2. The number of likely N-dealkylation sites (N-methyl/N-ethyl adjacent to an activating group) is 1. The molecular formula is C19H25N3O3. The Bertz CT molecular complexity index is 705. The van der Waals surface area contributed by atoms with Gasteiger partial charge in [-0.3, -0.25) is 14.5 Å². The molecule has 0 unspecified atom stereocenters. The van der Waals surface area contributed by atoms with Crippen LogP contribution in [0.5, 0.6) is 0 Å². The van der Waals surface area contributed by atoms with Crippen LogP contribution < -0.4 is 10.6 Å². The summed E-state index contributed by atoms with van der Waals surface area (Å²) >= 11 is 0. The van der Waals surface area contributed by atoms with E-state index in [4.69, 9.17) is 4.42 Å². The summed E-state index contributed by atoms with van der Waals surface area (Å²) < 4.78 is 5.28. The van der Waals surface area contributed by atoms with Gasteiger partial charge >= 0.3 is 0 Å². The van der Waals surface area contributed by atoms with Crippen molar-refractivity contribution in [2.45, 2.75) is 33.4 Å². The average Bonchev–Trinajstić information content (AvgIpc) is 3.08. The van der Waals surface area contributed by atoms with Crippen molar-refractivity contribution in [2.24, 2.45) is 0 Å². The molecule has 2 N–H and O–H groups in total. The highest BCUT2D eigenvalue weighted by atomic mass is 16.3. The third-order valence-corrected chi connectivity index (χ3v) is 4.19. The van der Waals surface area contributed by atoms with Gasteiger partial charge in [0.1, 0.15) is 5.76 Å². The van der Waals surface area contributed by atoms with Crippen LogP contribution in [0, 0.1) is 13.8 Å². The third-order valence-electron chi connectivity index (χ3n) is 4.19. The molecule has 1 aromatic heterocycles. The van der Waals surface area contributed by atoms with Gasteiger partial charge < -0.3 is 15.1 Å². The average molecular weight is 343 g/mol. The molecule has 0 aliphatic rings. The molecule has 25 heavy (non-hydrogen) atoms. The van der Waals surface area contributed by atoms with Gasteiger partial charge in [-0.1, -0.05) is 18.2 Å². The maximum Gasteiger partial charge on any atom is 0.243 e. The van der Waals surface area contributed by atoms with Crippen LogP contribution in [0.4, 0.5) is 5.69 Å². The number of hydrogen-bond acceptors (Lipinski definition) is 4. The van der Waals surface area contributed by atoms with E-state index in [1.807, 2.05) is 56.1 Å². The number of amides is 2. The largest absolute Gasteiger partial charge is 0.468 e. The normalized spacial score (nSPS) is 12.0. The van der Waals surface area contributed by atoms with Crippen molar-refractivity contribution in [1.82, 2.24) is 10.2 Å². The summed E-state index contributed by atoms with van der Waals surface area (Å²) in [5.41, 5.74) is 2.78. The van der Waals surface area contributed by atoms with E-state index in [1.54, 1.807) is 13.2 Å². The van der Waals surface area contributed by atoms with E-state index < -0.39 is 0 Å². The first-order valence-electron chi connectivity index (χ1n) is 8.25. The summed E-state index contributed by atoms with van der Waals surface area (Å²) in [5, 5.41) is 5.53. The Morgan fingerprint density at radius 1 is 1.16 bits per heavy atom. The summed E-state index contributed by atoms with van der Waals surface area (Å²) in [6, 6.07) is 9.11. The van der Waals surface area contributed by atoms with Crippen LogP contribution in [0.3, 0.4) is 0 Å². The lowest BCUT2D eigenvalue weighted by Crippen LogP contribution is -2.45. The standard InChI is InChI=1S/C19H25N3O3/c1-13-7-5-8-14(2)18(13)21-17(23)11-20-19(24)15(3)22(4)12-16-9-6-10-25-16/h5-10,15H,11-12H2,1-4H3,(H,20,24)(H,21,23)/t15-/m0/s1. The van der Waals surface area contributed by atoms with Crippen molar-refractivity contribution in [3.63, 3.8) is 0 Å². The SMILES string of the molecule is Cc1cccc(C)c1NC(=O)CNC(=O)[C@H](C)N(C)Cc1ccco1. The van der Waals surface area contributed by atoms with E-state index >= 15 is 0 Å². The van der Waals surface area contributed by atoms with E-state index in [0.29, 0.717) is 6.54 Å². The molecule has 2 rings (SSSR count). The van der Waals surface area contributed by atoms with Gasteiger partial charge in [-0.2, -0.15) is 0 Å². The Kier molecular flexibility index (Phi) is 6.36. The first kappa shape index (κ1) is 18.7. The van der Waals surface area contributed by atoms with Gasteiger partial charge in [0, 0.05) is 5.69 Å². The van der Waals surface area contributed by atoms with Gasteiger partial charge in [-0.05, 0) is 51.1 Å². The van der Waals surface area contributed by atoms with Crippen LogP contribution in [0.2, 0.25) is 0 Å². The molecule has 1 atom stereocenters. The first-order chi connectivity index (χ1) is 11.9. The zero-order valence-corrected chi connectivity index (χ0v) is 15.1. The van der Waals surface area contributed by atoms with Crippen molar-refractivity contribution >= 4 is 17.5 Å². The van der Waals surface area contributed by atoms with Crippen LogP contribution in [0.1, 0.15) is 23.8 Å². The number of nitrogens with zero attached hydrogens (tertiary/aromatic N) is 1. The van der Waals surface area contributed by atoms with Crippen LogP contribution >= 0.6 is 0 Å². The summed E-state index contributed by atoms with van der Waals surface area (Å²) in [6.07, 6.45) is 1.60. The molecule has 134 valence electrons. The van der Waals surface area contributed by atoms with Gasteiger partial charge in [-0.25, -0.2) is 0 Å². The fraction of sp³-hybridized carbons (Fsp3) is 0.368. The Hall–Kier alpha value is -2.60. The molecule has 6 heteroatoms. The fourth-order valence-corrected chi connectivity index (χ4v) is 2.50. The predicted molar refractivity (Wildman–Crippen MR) is 97.2 cm³/mol. The number of benzene rings is 1. The maximum absolute atomic E-state index is 12.2. The quantitative estimate of drug-likeness (QED) is 0.810. The molecule has 0 fully saturated rings. The summed E-state index contributed by atoms with van der Waals surface area (Å²) in [4.78, 5) is 26.2. The Morgan fingerprint density at radius 3 is 2.44 bits per heavy atom. The highest BCUT2D eigenvalue weighted by Gasteiger charge is 2.19. The number of para-hydroxylation sites is 1. The number of furan rings is 1. The molecule has 0 radical (unpaired) electrons. The molecule has 0 saturated carbocycles. The van der Waals surface area contributed by atoms with Crippen LogP contribution in [-0.4, -0.2) is 36.3 Å². The minimum atomic E-state index is -0.377. The molecule has 1 heterocycles. The highest BCUT2D eigenvalue weighted by Crippen LogP contribution is 2.19. The zero-order chi connectivity index (χ0) is 18.4. The number of aryl methyl sites for hydroxylation is 2. The monoisotopic (exact) mass is 343 g/mol. The van der Waals surface area contributed by atoms with Crippen molar-refractivity contribution in [1.29, 1.82) is 0 Å². The molecular weight excluding hydrogens is 318 g/mol. The van der Waals surface area contributed by atoms with E-state index in [1.165, 1.54) is 0 Å². The summed E-state index contributed by atoms with van der Waals surface area (Å²) in [5.74, 6) is 0.340. The number of anilines is 1. The second kappa shape index (κ2) is 8.48. The van der Waals surface area contributed by atoms with Crippen molar-refractivity contribution in [3.05, 3.63) is 53.5 Å². The van der Waals surface area contributed by atoms with E-state index in [0.717, 1.165) is 22.6 Å². The lowest BCUT2D eigenvalue weighted by molar-refractivity contribution is -0.127. The summed E-state index contributed by atoms with van der Waals surface area (Å²) in [6.45, 7) is 6.13. The zero-order valence-electron chi connectivity index (χ0n) is 15.1. The van der Waals surface area contributed by atoms with E-state index in [-0.39, 0.29) is 24.4 Å². The molecule has 6 nitrogen and oxygen atoms in total. The van der Waals surface area contributed by atoms with E-state index in [9.17, 15) is 9.59 Å². The fourth-order valence-electron chi connectivity index (χ4n) is 2.50. The molecule has 0 spiro atoms. The minimum absolute atomic E-state index is 0.0639. The number of carbonyl (C=O) groups excluding carboxylic acids is 2. The molecule has 2 aromatic rings. The number of hydrogen-bond donors (Lipinski definition) is 2. The first-order valence-corrected chi connectivity index (χ1v) is 8.25. The smallest absolute Gasteiger partial charge is 0.243 e. The third kappa shape index (κ3) is 5.19. The minimum Gasteiger partial charge on any atom is -0.468 e.